The summed E-state index contributed by atoms with van der Waals surface area (Å²) >= 11 is 0. The first-order valence-corrected chi connectivity index (χ1v) is 14.4. The quantitative estimate of drug-likeness (QED) is 0.240. The van der Waals surface area contributed by atoms with Gasteiger partial charge in [-0.3, -0.25) is 0 Å². The van der Waals surface area contributed by atoms with Gasteiger partial charge >= 0.3 is 5.97 Å². The molecule has 9 nitrogen and oxygen atoms in total. The zero-order valence-electron chi connectivity index (χ0n) is 22.3. The molecule has 6 rings (SSSR count). The zero-order valence-corrected chi connectivity index (χ0v) is 22.3. The summed E-state index contributed by atoms with van der Waals surface area (Å²) in [7, 11) is 0. The lowest BCUT2D eigenvalue weighted by molar-refractivity contribution is -0.309. The van der Waals surface area contributed by atoms with Gasteiger partial charge in [-0.2, -0.15) is 0 Å². The van der Waals surface area contributed by atoms with Crippen molar-refractivity contribution in [1.82, 2.24) is 0 Å². The van der Waals surface area contributed by atoms with Gasteiger partial charge in [-0.15, -0.1) is 0 Å². The molecule has 0 amide bonds. The van der Waals surface area contributed by atoms with Gasteiger partial charge in [0.15, 0.2) is 6.29 Å². The zero-order chi connectivity index (χ0) is 27.0. The van der Waals surface area contributed by atoms with Crippen molar-refractivity contribution in [2.45, 2.75) is 114 Å². The lowest BCUT2D eigenvalue weighted by atomic mass is 9.43. The summed E-state index contributed by atoms with van der Waals surface area (Å²) in [5.41, 5.74) is -0.739. The number of ether oxygens (including phenoxy) is 3. The highest BCUT2D eigenvalue weighted by molar-refractivity contribution is 5.85. The van der Waals surface area contributed by atoms with Gasteiger partial charge in [-0.05, 0) is 94.0 Å². The molecule has 0 unspecified atom stereocenters. The molecule has 5 fully saturated rings. The second kappa shape index (κ2) is 9.35. The SMILES string of the molecule is C[C@H]1O[C@@H](O[C@H]2CC[C@@]3(C=O)[C@H](CC[C@@H]4[C@@H]3CC[C@]3(C)[C@@H](C5=CC(=O)OC5)CC[C@]43O)C2)[C@@H](O)[C@@H](O)[C@H]1O. The van der Waals surface area contributed by atoms with E-state index in [9.17, 15) is 30.0 Å². The molecule has 4 saturated carbocycles. The lowest BCUT2D eigenvalue weighted by Crippen LogP contribution is -2.63. The highest BCUT2D eigenvalue weighted by atomic mass is 16.7. The number of aliphatic hydroxyl groups is 4. The Labute approximate surface area is 223 Å². The Morgan fingerprint density at radius 2 is 1.79 bits per heavy atom. The lowest BCUT2D eigenvalue weighted by Gasteiger charge is -2.63. The molecule has 4 aliphatic carbocycles. The molecule has 0 aromatic heterocycles. The van der Waals surface area contributed by atoms with Crippen LogP contribution < -0.4 is 0 Å². The van der Waals surface area contributed by atoms with E-state index in [1.54, 1.807) is 13.0 Å². The fourth-order valence-corrected chi connectivity index (χ4v) is 9.73. The molecule has 4 N–H and O–H groups in total. The number of esters is 1. The summed E-state index contributed by atoms with van der Waals surface area (Å²) in [5, 5.41) is 42.9. The van der Waals surface area contributed by atoms with Crippen molar-refractivity contribution >= 4 is 12.3 Å². The largest absolute Gasteiger partial charge is 0.458 e. The molecule has 0 aromatic carbocycles. The number of carbonyl (C=O) groups excluding carboxylic acids is 2. The van der Waals surface area contributed by atoms with Crippen LogP contribution in [-0.4, -0.2) is 81.7 Å². The summed E-state index contributed by atoms with van der Waals surface area (Å²) in [6.07, 6.45) is 3.80. The summed E-state index contributed by atoms with van der Waals surface area (Å²) in [6, 6.07) is 0. The van der Waals surface area contributed by atoms with Crippen LogP contribution in [0, 0.1) is 34.5 Å². The standard InChI is InChI=1S/C29H42O9/c1-15-23(32)24(33)25(34)26(37-15)38-18-5-9-28(14-30)17(12-18)3-4-21-20(28)6-8-27(2)19(7-10-29(21,27)35)16-11-22(31)36-13-16/h11,14-15,17-21,23-26,32-35H,3-10,12-13H2,1-2H3/t15-,17-,18+,19-,20+,21-,23+,24+,25+,26+,27-,28-,29+/m1/s1. The molecule has 9 heteroatoms. The monoisotopic (exact) mass is 534 g/mol. The van der Waals surface area contributed by atoms with Crippen molar-refractivity contribution < 1.29 is 44.2 Å². The molecule has 0 aromatic rings. The van der Waals surface area contributed by atoms with Crippen LogP contribution in [-0.2, 0) is 23.8 Å². The number of fused-ring (bicyclic) bond motifs is 5. The van der Waals surface area contributed by atoms with E-state index in [0.29, 0.717) is 32.3 Å². The average Bonchev–Trinajstić information content (AvgIpc) is 3.45. The summed E-state index contributed by atoms with van der Waals surface area (Å²) < 4.78 is 17.0. The Kier molecular flexibility index (Phi) is 6.60. The third kappa shape index (κ3) is 3.72. The number of hydrogen-bond donors (Lipinski definition) is 4. The summed E-state index contributed by atoms with van der Waals surface area (Å²) in [6.45, 7) is 4.13. The Hall–Kier alpha value is -1.36. The minimum absolute atomic E-state index is 0.0322. The topological polar surface area (TPSA) is 143 Å². The number of rotatable bonds is 4. The van der Waals surface area contributed by atoms with Crippen LogP contribution >= 0.6 is 0 Å². The van der Waals surface area contributed by atoms with Gasteiger partial charge in [0.05, 0.1) is 17.8 Å². The first-order valence-electron chi connectivity index (χ1n) is 14.4. The van der Waals surface area contributed by atoms with Crippen LogP contribution in [0.25, 0.3) is 0 Å². The molecule has 212 valence electrons. The number of hydrogen-bond acceptors (Lipinski definition) is 9. The maximum atomic E-state index is 12.9. The fraction of sp³-hybridized carbons (Fsp3) is 0.862. The van der Waals surface area contributed by atoms with E-state index in [-0.39, 0.29) is 41.2 Å². The molecular weight excluding hydrogens is 492 g/mol. The first kappa shape index (κ1) is 26.8. The van der Waals surface area contributed by atoms with E-state index in [4.69, 9.17) is 14.2 Å². The predicted octanol–water partition coefficient (Wildman–Crippen LogP) is 1.64. The third-order valence-corrected chi connectivity index (χ3v) is 11.9. The predicted molar refractivity (Wildman–Crippen MR) is 133 cm³/mol. The summed E-state index contributed by atoms with van der Waals surface area (Å²) in [5.74, 6) is 0.0678. The van der Waals surface area contributed by atoms with Crippen molar-refractivity contribution in [1.29, 1.82) is 0 Å². The minimum atomic E-state index is -1.34. The summed E-state index contributed by atoms with van der Waals surface area (Å²) in [4.78, 5) is 24.7. The maximum absolute atomic E-state index is 12.9. The smallest absolute Gasteiger partial charge is 0.331 e. The molecule has 1 saturated heterocycles. The van der Waals surface area contributed by atoms with Gasteiger partial charge in [0, 0.05) is 16.9 Å². The van der Waals surface area contributed by atoms with Gasteiger partial charge < -0.3 is 39.4 Å². The van der Waals surface area contributed by atoms with E-state index in [1.165, 1.54) is 6.29 Å². The first-order chi connectivity index (χ1) is 18.0. The Balaban J connectivity index is 1.19. The molecule has 0 spiro atoms. The van der Waals surface area contributed by atoms with Crippen LogP contribution in [0.2, 0.25) is 0 Å². The van der Waals surface area contributed by atoms with Crippen LogP contribution in [0.1, 0.15) is 71.6 Å². The molecule has 0 radical (unpaired) electrons. The maximum Gasteiger partial charge on any atom is 0.331 e. The van der Waals surface area contributed by atoms with Crippen LogP contribution in [0.15, 0.2) is 11.6 Å². The van der Waals surface area contributed by atoms with E-state index in [1.807, 2.05) is 0 Å². The van der Waals surface area contributed by atoms with Crippen molar-refractivity contribution in [2.75, 3.05) is 6.61 Å². The van der Waals surface area contributed by atoms with E-state index in [0.717, 1.165) is 37.7 Å². The van der Waals surface area contributed by atoms with Gasteiger partial charge in [-0.1, -0.05) is 6.92 Å². The molecule has 38 heavy (non-hydrogen) atoms. The van der Waals surface area contributed by atoms with E-state index >= 15 is 0 Å². The second-order valence-electron chi connectivity index (χ2n) is 13.2. The number of carbonyl (C=O) groups is 2. The molecule has 2 aliphatic heterocycles. The number of cyclic esters (lactones) is 1. The molecule has 0 bridgehead atoms. The van der Waals surface area contributed by atoms with Gasteiger partial charge in [0.2, 0.25) is 0 Å². The molecule has 13 atom stereocenters. The van der Waals surface area contributed by atoms with Gasteiger partial charge in [0.1, 0.15) is 31.2 Å². The Morgan fingerprint density at radius 1 is 1.00 bits per heavy atom. The van der Waals surface area contributed by atoms with E-state index < -0.39 is 41.7 Å². The highest BCUT2D eigenvalue weighted by Gasteiger charge is 2.68. The minimum Gasteiger partial charge on any atom is -0.458 e. The average molecular weight is 535 g/mol. The van der Waals surface area contributed by atoms with Gasteiger partial charge in [0.25, 0.3) is 0 Å². The molecule has 2 heterocycles. The van der Waals surface area contributed by atoms with Crippen molar-refractivity contribution in [3.05, 3.63) is 11.6 Å². The highest BCUT2D eigenvalue weighted by Crippen LogP contribution is 2.69. The van der Waals surface area contributed by atoms with Crippen molar-refractivity contribution in [3.63, 3.8) is 0 Å². The van der Waals surface area contributed by atoms with Crippen LogP contribution in [0.4, 0.5) is 0 Å². The fourth-order valence-electron chi connectivity index (χ4n) is 9.73. The second-order valence-corrected chi connectivity index (χ2v) is 13.2. The normalized spacial score (nSPS) is 54.4. The number of aldehydes is 1. The molecular formula is C29H42O9. The number of aliphatic hydroxyl groups excluding tert-OH is 3. The third-order valence-electron chi connectivity index (χ3n) is 11.9. The van der Waals surface area contributed by atoms with Crippen LogP contribution in [0.5, 0.6) is 0 Å². The Bertz CT molecular complexity index is 999. The van der Waals surface area contributed by atoms with Crippen molar-refractivity contribution in [3.8, 4) is 0 Å². The Morgan fingerprint density at radius 3 is 2.50 bits per heavy atom. The van der Waals surface area contributed by atoms with Crippen LogP contribution in [0.3, 0.4) is 0 Å². The van der Waals surface area contributed by atoms with Gasteiger partial charge in [-0.25, -0.2) is 4.79 Å². The molecule has 6 aliphatic rings. The van der Waals surface area contributed by atoms with Crippen molar-refractivity contribution in [2.24, 2.45) is 34.5 Å². The van der Waals surface area contributed by atoms with E-state index in [2.05, 4.69) is 6.92 Å².